The fourth-order valence-electron chi connectivity index (χ4n) is 3.83. The smallest absolute Gasteiger partial charge is 0.226 e. The molecule has 2 aliphatic rings. The van der Waals surface area contributed by atoms with Crippen LogP contribution in [0.4, 0.5) is 0 Å². The molecule has 0 bridgehead atoms. The summed E-state index contributed by atoms with van der Waals surface area (Å²) in [5.41, 5.74) is 2.44. The molecule has 6 nitrogen and oxygen atoms in total. The first-order valence-corrected chi connectivity index (χ1v) is 9.09. The van der Waals surface area contributed by atoms with E-state index in [2.05, 4.69) is 32.1 Å². The van der Waals surface area contributed by atoms with Gasteiger partial charge in [-0.25, -0.2) is 0 Å². The van der Waals surface area contributed by atoms with Crippen molar-refractivity contribution in [2.75, 3.05) is 26.2 Å². The van der Waals surface area contributed by atoms with Gasteiger partial charge in [0.15, 0.2) is 0 Å². The minimum atomic E-state index is 0.161. The van der Waals surface area contributed by atoms with E-state index < -0.39 is 0 Å². The minimum absolute atomic E-state index is 0.161. The van der Waals surface area contributed by atoms with Crippen LogP contribution in [0.25, 0.3) is 0 Å². The third kappa shape index (κ3) is 3.74. The lowest BCUT2D eigenvalue weighted by Gasteiger charge is -2.22. The predicted molar refractivity (Wildman–Crippen MR) is 94.8 cm³/mol. The topological polar surface area (TPSA) is 54.3 Å². The van der Waals surface area contributed by atoms with E-state index in [1.54, 1.807) is 6.20 Å². The first kappa shape index (κ1) is 16.3. The van der Waals surface area contributed by atoms with Crippen LogP contribution in [0.2, 0.25) is 0 Å². The molecule has 2 fully saturated rings. The zero-order valence-electron chi connectivity index (χ0n) is 14.7. The van der Waals surface area contributed by atoms with E-state index in [-0.39, 0.29) is 5.92 Å². The molecular formula is C19H25N5O. The Balaban J connectivity index is 1.31. The molecule has 132 valence electrons. The minimum Gasteiger partial charge on any atom is -0.341 e. The van der Waals surface area contributed by atoms with E-state index in [0.29, 0.717) is 11.8 Å². The van der Waals surface area contributed by atoms with Crippen molar-refractivity contribution in [3.63, 3.8) is 0 Å². The summed E-state index contributed by atoms with van der Waals surface area (Å²) in [5, 5.41) is 4.24. The van der Waals surface area contributed by atoms with Crippen LogP contribution < -0.4 is 0 Å². The summed E-state index contributed by atoms with van der Waals surface area (Å²) in [6, 6.07) is 4.04. The SMILES string of the molecule is Cn1cc(CN2CCCN(C(=O)C3CC3c3cccnc3)CC2)cn1. The van der Waals surface area contributed by atoms with Crippen molar-refractivity contribution in [1.82, 2.24) is 24.6 Å². The fourth-order valence-corrected chi connectivity index (χ4v) is 3.83. The molecule has 0 N–H and O–H groups in total. The number of amides is 1. The van der Waals surface area contributed by atoms with Crippen LogP contribution in [0.5, 0.6) is 0 Å². The number of carbonyl (C=O) groups excluding carboxylic acids is 1. The molecule has 0 aromatic carbocycles. The Hall–Kier alpha value is -2.21. The highest BCUT2D eigenvalue weighted by atomic mass is 16.2. The Bertz CT molecular complexity index is 728. The number of carbonyl (C=O) groups is 1. The van der Waals surface area contributed by atoms with Gasteiger partial charge in [0.1, 0.15) is 0 Å². The molecule has 2 aromatic heterocycles. The molecular weight excluding hydrogens is 314 g/mol. The third-order valence-electron chi connectivity index (χ3n) is 5.28. The van der Waals surface area contributed by atoms with Crippen LogP contribution >= 0.6 is 0 Å². The lowest BCUT2D eigenvalue weighted by molar-refractivity contribution is -0.132. The van der Waals surface area contributed by atoms with Gasteiger partial charge in [-0.05, 0) is 30.4 Å². The van der Waals surface area contributed by atoms with Crippen LogP contribution in [0, 0.1) is 5.92 Å². The Morgan fingerprint density at radius 3 is 2.92 bits per heavy atom. The molecule has 1 saturated heterocycles. The molecule has 2 atom stereocenters. The number of aromatic nitrogens is 3. The van der Waals surface area contributed by atoms with Crippen LogP contribution in [-0.2, 0) is 18.4 Å². The first-order chi connectivity index (χ1) is 12.2. The molecule has 1 aliphatic carbocycles. The summed E-state index contributed by atoms with van der Waals surface area (Å²) in [5.74, 6) is 0.863. The summed E-state index contributed by atoms with van der Waals surface area (Å²) >= 11 is 0. The highest BCUT2D eigenvalue weighted by molar-refractivity contribution is 5.83. The third-order valence-corrected chi connectivity index (χ3v) is 5.28. The zero-order chi connectivity index (χ0) is 17.2. The van der Waals surface area contributed by atoms with Gasteiger partial charge in [-0.15, -0.1) is 0 Å². The largest absolute Gasteiger partial charge is 0.341 e. The molecule has 2 aromatic rings. The van der Waals surface area contributed by atoms with E-state index >= 15 is 0 Å². The van der Waals surface area contributed by atoms with E-state index in [1.165, 1.54) is 11.1 Å². The summed E-state index contributed by atoms with van der Waals surface area (Å²) in [4.78, 5) is 21.5. The van der Waals surface area contributed by atoms with Crippen LogP contribution in [0.1, 0.15) is 29.9 Å². The van der Waals surface area contributed by atoms with Crippen molar-refractivity contribution >= 4 is 5.91 Å². The molecule has 2 unspecified atom stereocenters. The number of hydrogen-bond donors (Lipinski definition) is 0. The fraction of sp³-hybridized carbons (Fsp3) is 0.526. The van der Waals surface area contributed by atoms with Crippen molar-refractivity contribution in [3.8, 4) is 0 Å². The molecule has 0 radical (unpaired) electrons. The maximum Gasteiger partial charge on any atom is 0.226 e. The van der Waals surface area contributed by atoms with E-state index in [4.69, 9.17) is 0 Å². The lowest BCUT2D eigenvalue weighted by atomic mass is 10.1. The maximum absolute atomic E-state index is 12.8. The summed E-state index contributed by atoms with van der Waals surface area (Å²) < 4.78 is 1.84. The quantitative estimate of drug-likeness (QED) is 0.850. The van der Waals surface area contributed by atoms with Gasteiger partial charge >= 0.3 is 0 Å². The van der Waals surface area contributed by atoms with Crippen molar-refractivity contribution in [2.24, 2.45) is 13.0 Å². The summed E-state index contributed by atoms with van der Waals surface area (Å²) in [7, 11) is 1.95. The van der Waals surface area contributed by atoms with Crippen LogP contribution in [0.15, 0.2) is 36.9 Å². The van der Waals surface area contributed by atoms with E-state index in [9.17, 15) is 4.79 Å². The van der Waals surface area contributed by atoms with Gasteiger partial charge in [-0.3, -0.25) is 19.4 Å². The molecule has 0 spiro atoms. The monoisotopic (exact) mass is 339 g/mol. The molecule has 3 heterocycles. The molecule has 1 amide bonds. The molecule has 25 heavy (non-hydrogen) atoms. The maximum atomic E-state index is 12.8. The van der Waals surface area contributed by atoms with Gasteiger partial charge < -0.3 is 4.90 Å². The van der Waals surface area contributed by atoms with Crippen molar-refractivity contribution in [3.05, 3.63) is 48.0 Å². The van der Waals surface area contributed by atoms with Crippen molar-refractivity contribution in [2.45, 2.75) is 25.3 Å². The standard InChI is InChI=1S/C19H25N5O/c1-22-13-15(11-21-22)14-23-6-3-7-24(9-8-23)19(25)18-10-17(18)16-4-2-5-20-12-16/h2,4-5,11-13,17-18H,3,6-10,14H2,1H3. The van der Waals surface area contributed by atoms with Gasteiger partial charge in [-0.2, -0.15) is 5.10 Å². The molecule has 4 rings (SSSR count). The number of aryl methyl sites for hydroxylation is 1. The Morgan fingerprint density at radius 1 is 1.24 bits per heavy atom. The number of rotatable bonds is 4. The molecule has 1 aliphatic heterocycles. The molecule has 6 heteroatoms. The summed E-state index contributed by atoms with van der Waals surface area (Å²) in [6.07, 6.45) is 9.69. The normalized spacial score (nSPS) is 24.1. The highest BCUT2D eigenvalue weighted by Gasteiger charge is 2.45. The average Bonchev–Trinajstić information content (AvgIpc) is 3.37. The summed E-state index contributed by atoms with van der Waals surface area (Å²) in [6.45, 7) is 4.59. The average molecular weight is 339 g/mol. The van der Waals surface area contributed by atoms with Crippen molar-refractivity contribution in [1.29, 1.82) is 0 Å². The lowest BCUT2D eigenvalue weighted by Crippen LogP contribution is -2.36. The van der Waals surface area contributed by atoms with Gasteiger partial charge in [0.2, 0.25) is 5.91 Å². The number of nitrogens with zero attached hydrogens (tertiary/aromatic N) is 5. The Morgan fingerprint density at radius 2 is 2.16 bits per heavy atom. The van der Waals surface area contributed by atoms with Gasteiger partial charge in [0.05, 0.1) is 6.20 Å². The van der Waals surface area contributed by atoms with Gasteiger partial charge in [0, 0.05) is 69.8 Å². The zero-order valence-corrected chi connectivity index (χ0v) is 14.7. The predicted octanol–water partition coefficient (Wildman–Crippen LogP) is 1.65. The highest BCUT2D eigenvalue weighted by Crippen LogP contribution is 2.48. The Labute approximate surface area is 148 Å². The number of pyridine rings is 1. The first-order valence-electron chi connectivity index (χ1n) is 9.09. The Kier molecular flexibility index (Phi) is 4.53. The number of hydrogen-bond acceptors (Lipinski definition) is 4. The second-order valence-corrected chi connectivity index (χ2v) is 7.21. The van der Waals surface area contributed by atoms with E-state index in [0.717, 1.165) is 45.6 Å². The molecule has 1 saturated carbocycles. The van der Waals surface area contributed by atoms with Gasteiger partial charge in [0.25, 0.3) is 0 Å². The van der Waals surface area contributed by atoms with Gasteiger partial charge in [-0.1, -0.05) is 6.07 Å². The second kappa shape index (κ2) is 6.96. The van der Waals surface area contributed by atoms with Crippen molar-refractivity contribution < 1.29 is 4.79 Å². The van der Waals surface area contributed by atoms with Crippen LogP contribution in [0.3, 0.4) is 0 Å². The second-order valence-electron chi connectivity index (χ2n) is 7.21. The van der Waals surface area contributed by atoms with Crippen LogP contribution in [-0.4, -0.2) is 56.7 Å². The van der Waals surface area contributed by atoms with E-state index in [1.807, 2.05) is 30.2 Å².